The molecule has 0 spiro atoms. The standard InChI is InChI=1S/C16H33O4P/c1-3-4-5-6-7-8-9-10-11-12-13-14-15(16(17)18)21(2,19)20/h15H,3-14H2,1-2H3,(H,17,18)(H,19,20). The summed E-state index contributed by atoms with van der Waals surface area (Å²) in [6.07, 6.45) is 13.5. The number of unbranched alkanes of at least 4 members (excludes halogenated alkanes) is 10. The normalized spacial score (nSPS) is 15.6. The average molecular weight is 320 g/mol. The Morgan fingerprint density at radius 1 is 0.905 bits per heavy atom. The zero-order valence-electron chi connectivity index (χ0n) is 13.7. The van der Waals surface area contributed by atoms with E-state index in [4.69, 9.17) is 5.11 Å². The number of aliphatic carboxylic acids is 1. The van der Waals surface area contributed by atoms with Crippen LogP contribution in [-0.2, 0) is 9.36 Å². The van der Waals surface area contributed by atoms with Crippen LogP contribution in [-0.4, -0.2) is 28.3 Å². The Labute approximate surface area is 129 Å². The van der Waals surface area contributed by atoms with Crippen LogP contribution in [0.3, 0.4) is 0 Å². The molecule has 0 aliphatic rings. The lowest BCUT2D eigenvalue weighted by atomic mass is 10.0. The summed E-state index contributed by atoms with van der Waals surface area (Å²) >= 11 is 0. The van der Waals surface area contributed by atoms with E-state index in [-0.39, 0.29) is 0 Å². The Hall–Kier alpha value is -0.340. The fraction of sp³-hybridized carbons (Fsp3) is 0.938. The molecule has 0 amide bonds. The van der Waals surface area contributed by atoms with E-state index in [1.165, 1.54) is 51.4 Å². The van der Waals surface area contributed by atoms with Crippen LogP contribution < -0.4 is 0 Å². The Balaban J connectivity index is 3.47. The highest BCUT2D eigenvalue weighted by atomic mass is 31.2. The molecule has 0 bridgehead atoms. The second kappa shape index (κ2) is 12.2. The summed E-state index contributed by atoms with van der Waals surface area (Å²) in [6.45, 7) is 3.37. The maximum atomic E-state index is 11.4. The van der Waals surface area contributed by atoms with Crippen LogP contribution in [0.1, 0.15) is 84.0 Å². The van der Waals surface area contributed by atoms with E-state index < -0.39 is 19.0 Å². The van der Waals surface area contributed by atoms with Crippen LogP contribution >= 0.6 is 7.37 Å². The van der Waals surface area contributed by atoms with Crippen molar-refractivity contribution >= 4 is 13.3 Å². The Morgan fingerprint density at radius 2 is 1.29 bits per heavy atom. The predicted octanol–water partition coefficient (Wildman–Crippen LogP) is 5.04. The summed E-state index contributed by atoms with van der Waals surface area (Å²) in [5.41, 5.74) is -1.09. The minimum Gasteiger partial charge on any atom is -0.481 e. The second-order valence-electron chi connectivity index (χ2n) is 6.12. The minimum atomic E-state index is -3.51. The maximum Gasteiger partial charge on any atom is 0.316 e. The third-order valence-corrected chi connectivity index (χ3v) is 5.58. The van der Waals surface area contributed by atoms with Gasteiger partial charge >= 0.3 is 5.97 Å². The summed E-state index contributed by atoms with van der Waals surface area (Å²) in [4.78, 5) is 20.3. The maximum absolute atomic E-state index is 11.4. The molecule has 4 nitrogen and oxygen atoms in total. The first-order chi connectivity index (χ1) is 9.89. The van der Waals surface area contributed by atoms with E-state index in [1.54, 1.807) is 0 Å². The van der Waals surface area contributed by atoms with Gasteiger partial charge in [0.05, 0.1) is 0 Å². The van der Waals surface area contributed by atoms with Crippen molar-refractivity contribution < 1.29 is 19.4 Å². The van der Waals surface area contributed by atoms with Crippen molar-refractivity contribution in [2.75, 3.05) is 6.66 Å². The van der Waals surface area contributed by atoms with Gasteiger partial charge in [-0.05, 0) is 6.42 Å². The number of carboxylic acids is 1. The highest BCUT2D eigenvalue weighted by molar-refractivity contribution is 7.58. The van der Waals surface area contributed by atoms with Crippen molar-refractivity contribution in [1.82, 2.24) is 0 Å². The van der Waals surface area contributed by atoms with Crippen molar-refractivity contribution in [3.63, 3.8) is 0 Å². The van der Waals surface area contributed by atoms with Crippen molar-refractivity contribution in [2.24, 2.45) is 0 Å². The first kappa shape index (κ1) is 20.7. The molecular formula is C16H33O4P. The Kier molecular flexibility index (Phi) is 12.0. The number of carbonyl (C=O) groups is 1. The van der Waals surface area contributed by atoms with Gasteiger partial charge in [0.1, 0.15) is 5.66 Å². The summed E-state index contributed by atoms with van der Waals surface area (Å²) in [6, 6.07) is 0. The molecule has 21 heavy (non-hydrogen) atoms. The van der Waals surface area contributed by atoms with Crippen LogP contribution in [0, 0.1) is 0 Å². The van der Waals surface area contributed by atoms with Crippen LogP contribution in [0.2, 0.25) is 0 Å². The second-order valence-corrected chi connectivity index (χ2v) is 8.63. The molecule has 0 aliphatic heterocycles. The van der Waals surface area contributed by atoms with Gasteiger partial charge in [0, 0.05) is 6.66 Å². The third-order valence-electron chi connectivity index (χ3n) is 3.94. The van der Waals surface area contributed by atoms with Crippen molar-refractivity contribution in [1.29, 1.82) is 0 Å². The molecule has 0 fully saturated rings. The Bertz CT molecular complexity index is 311. The van der Waals surface area contributed by atoms with Crippen LogP contribution in [0.25, 0.3) is 0 Å². The van der Waals surface area contributed by atoms with Crippen LogP contribution in [0.15, 0.2) is 0 Å². The van der Waals surface area contributed by atoms with Crippen LogP contribution in [0.5, 0.6) is 0 Å². The molecule has 0 aromatic carbocycles. The van der Waals surface area contributed by atoms with Gasteiger partial charge in [-0.3, -0.25) is 9.36 Å². The topological polar surface area (TPSA) is 74.6 Å². The van der Waals surface area contributed by atoms with Crippen molar-refractivity contribution in [3.8, 4) is 0 Å². The fourth-order valence-corrected chi connectivity index (χ4v) is 3.64. The molecule has 2 atom stereocenters. The molecule has 0 saturated heterocycles. The molecule has 0 saturated carbocycles. The first-order valence-electron chi connectivity index (χ1n) is 8.42. The molecule has 126 valence electrons. The molecule has 0 heterocycles. The molecule has 0 rings (SSSR count). The van der Waals surface area contributed by atoms with Gasteiger partial charge in [0.25, 0.3) is 0 Å². The van der Waals surface area contributed by atoms with E-state index in [1.807, 2.05) is 0 Å². The zero-order chi connectivity index (χ0) is 16.1. The average Bonchev–Trinajstić information content (AvgIpc) is 2.38. The lowest BCUT2D eigenvalue weighted by Crippen LogP contribution is -2.19. The number of hydrogen-bond donors (Lipinski definition) is 2. The van der Waals surface area contributed by atoms with E-state index in [0.29, 0.717) is 6.42 Å². The summed E-state index contributed by atoms with van der Waals surface area (Å²) < 4.78 is 11.4. The largest absolute Gasteiger partial charge is 0.481 e. The third kappa shape index (κ3) is 11.9. The molecular weight excluding hydrogens is 287 g/mol. The van der Waals surface area contributed by atoms with Gasteiger partial charge in [0.15, 0.2) is 0 Å². The van der Waals surface area contributed by atoms with Gasteiger partial charge in [-0.2, -0.15) is 0 Å². The fourth-order valence-electron chi connectivity index (χ4n) is 2.57. The van der Waals surface area contributed by atoms with Gasteiger partial charge in [-0.15, -0.1) is 0 Å². The molecule has 0 aliphatic carbocycles. The van der Waals surface area contributed by atoms with Crippen molar-refractivity contribution in [2.45, 2.75) is 89.6 Å². The van der Waals surface area contributed by atoms with Crippen LogP contribution in [0.4, 0.5) is 0 Å². The predicted molar refractivity (Wildman–Crippen MR) is 88.3 cm³/mol. The number of rotatable bonds is 14. The summed E-state index contributed by atoms with van der Waals surface area (Å²) in [5, 5.41) is 8.94. The molecule has 2 N–H and O–H groups in total. The molecule has 5 heteroatoms. The lowest BCUT2D eigenvalue weighted by Gasteiger charge is -2.15. The first-order valence-corrected chi connectivity index (χ1v) is 10.6. The van der Waals surface area contributed by atoms with Gasteiger partial charge < -0.3 is 10.00 Å². The summed E-state index contributed by atoms with van der Waals surface area (Å²) in [5.74, 6) is -1.14. The zero-order valence-corrected chi connectivity index (χ0v) is 14.6. The van der Waals surface area contributed by atoms with Gasteiger partial charge in [0.2, 0.25) is 7.37 Å². The number of hydrogen-bond acceptors (Lipinski definition) is 2. The molecule has 0 aromatic heterocycles. The van der Waals surface area contributed by atoms with E-state index in [0.717, 1.165) is 25.9 Å². The van der Waals surface area contributed by atoms with Crippen molar-refractivity contribution in [3.05, 3.63) is 0 Å². The Morgan fingerprint density at radius 3 is 1.62 bits per heavy atom. The SMILES string of the molecule is CCCCCCCCCCCCCC(C(=O)O)P(C)(=O)O. The summed E-state index contributed by atoms with van der Waals surface area (Å²) in [7, 11) is -3.51. The molecule has 2 unspecified atom stereocenters. The van der Waals surface area contributed by atoms with E-state index in [2.05, 4.69) is 6.92 Å². The molecule has 0 radical (unpaired) electrons. The van der Waals surface area contributed by atoms with Gasteiger partial charge in [-0.25, -0.2) is 0 Å². The highest BCUT2D eigenvalue weighted by Gasteiger charge is 2.31. The smallest absolute Gasteiger partial charge is 0.316 e. The highest BCUT2D eigenvalue weighted by Crippen LogP contribution is 2.44. The lowest BCUT2D eigenvalue weighted by molar-refractivity contribution is -0.136. The van der Waals surface area contributed by atoms with Gasteiger partial charge in [-0.1, -0.05) is 77.6 Å². The quantitative estimate of drug-likeness (QED) is 0.347. The molecule has 0 aromatic rings. The van der Waals surface area contributed by atoms with E-state index >= 15 is 0 Å². The monoisotopic (exact) mass is 320 g/mol. The minimum absolute atomic E-state index is 0.316. The van der Waals surface area contributed by atoms with E-state index in [9.17, 15) is 14.3 Å². The number of carboxylic acid groups (broad SMARTS) is 1.